The van der Waals surface area contributed by atoms with Gasteiger partial charge in [-0.1, -0.05) is 13.8 Å². The highest BCUT2D eigenvalue weighted by Gasteiger charge is 2.18. The van der Waals surface area contributed by atoms with Gasteiger partial charge in [-0.2, -0.15) is 10.4 Å². The lowest BCUT2D eigenvalue weighted by atomic mass is 10.1. The van der Waals surface area contributed by atoms with Gasteiger partial charge in [0.1, 0.15) is 17.5 Å². The van der Waals surface area contributed by atoms with Crippen molar-refractivity contribution in [2.75, 3.05) is 11.9 Å². The van der Waals surface area contributed by atoms with Gasteiger partial charge in [0.15, 0.2) is 0 Å². The first-order valence-corrected chi connectivity index (χ1v) is 5.32. The number of anilines is 1. The molecule has 1 rings (SSSR count). The maximum absolute atomic E-state index is 9.24. The summed E-state index contributed by atoms with van der Waals surface area (Å²) in [6.45, 7) is 5.87. The number of nitrogens with one attached hydrogen (secondary N) is 1. The summed E-state index contributed by atoms with van der Waals surface area (Å²) in [5.41, 5.74) is 1.24. The molecule has 0 radical (unpaired) electrons. The van der Waals surface area contributed by atoms with Crippen molar-refractivity contribution in [3.05, 3.63) is 11.3 Å². The van der Waals surface area contributed by atoms with Crippen LogP contribution < -0.4 is 5.32 Å². The third-order valence-corrected chi connectivity index (χ3v) is 2.66. The lowest BCUT2D eigenvalue weighted by Crippen LogP contribution is -2.30. The van der Waals surface area contributed by atoms with E-state index in [2.05, 4.69) is 16.5 Å². The summed E-state index contributed by atoms with van der Waals surface area (Å²) in [6, 6.07) is 2.06. The van der Waals surface area contributed by atoms with Crippen molar-refractivity contribution in [1.82, 2.24) is 9.78 Å². The Hall–Kier alpha value is -1.54. The van der Waals surface area contributed by atoms with Gasteiger partial charge in [0, 0.05) is 7.05 Å². The Morgan fingerprint density at radius 2 is 2.19 bits per heavy atom. The number of aryl methyl sites for hydroxylation is 2. The Balaban J connectivity index is 3.01. The first kappa shape index (κ1) is 12.5. The van der Waals surface area contributed by atoms with Crippen LogP contribution >= 0.6 is 0 Å². The van der Waals surface area contributed by atoms with Crippen molar-refractivity contribution >= 4 is 5.82 Å². The molecule has 0 fully saturated rings. The van der Waals surface area contributed by atoms with Crippen LogP contribution in [0.4, 0.5) is 5.82 Å². The van der Waals surface area contributed by atoms with Crippen molar-refractivity contribution in [2.45, 2.75) is 26.8 Å². The van der Waals surface area contributed by atoms with Crippen LogP contribution in [0.3, 0.4) is 0 Å². The van der Waals surface area contributed by atoms with Crippen molar-refractivity contribution < 1.29 is 5.11 Å². The number of aliphatic hydroxyl groups is 1. The van der Waals surface area contributed by atoms with Gasteiger partial charge in [-0.25, -0.2) is 0 Å². The topological polar surface area (TPSA) is 73.9 Å². The summed E-state index contributed by atoms with van der Waals surface area (Å²) in [7, 11) is 1.78. The van der Waals surface area contributed by atoms with E-state index in [4.69, 9.17) is 5.26 Å². The Morgan fingerprint density at radius 3 is 2.62 bits per heavy atom. The van der Waals surface area contributed by atoms with Crippen LogP contribution in [-0.2, 0) is 7.05 Å². The molecule has 0 aliphatic heterocycles. The van der Waals surface area contributed by atoms with E-state index >= 15 is 0 Å². The standard InChI is InChI=1S/C11H18N4O/c1-7(2)10(6-16)13-11-9(5-12)8(3)14-15(11)4/h7,10,13,16H,6H2,1-4H3. The molecule has 5 nitrogen and oxygen atoms in total. The largest absolute Gasteiger partial charge is 0.394 e. The van der Waals surface area contributed by atoms with Gasteiger partial charge in [-0.05, 0) is 12.8 Å². The smallest absolute Gasteiger partial charge is 0.142 e. The molecule has 0 aromatic carbocycles. The van der Waals surface area contributed by atoms with E-state index in [1.54, 1.807) is 18.7 Å². The van der Waals surface area contributed by atoms with Crippen LogP contribution in [0.1, 0.15) is 25.1 Å². The summed E-state index contributed by atoms with van der Waals surface area (Å²) in [6.07, 6.45) is 0. The molecule has 2 N–H and O–H groups in total. The highest BCUT2D eigenvalue weighted by atomic mass is 16.3. The summed E-state index contributed by atoms with van der Waals surface area (Å²) >= 11 is 0. The summed E-state index contributed by atoms with van der Waals surface area (Å²) in [5.74, 6) is 0.958. The minimum Gasteiger partial charge on any atom is -0.394 e. The summed E-state index contributed by atoms with van der Waals surface area (Å²) in [5, 5.41) is 25.6. The van der Waals surface area contributed by atoms with Gasteiger partial charge in [0.25, 0.3) is 0 Å². The van der Waals surface area contributed by atoms with Gasteiger partial charge in [0.05, 0.1) is 18.3 Å². The molecule has 1 heterocycles. The van der Waals surface area contributed by atoms with E-state index in [-0.39, 0.29) is 18.6 Å². The van der Waals surface area contributed by atoms with Gasteiger partial charge in [0.2, 0.25) is 0 Å². The van der Waals surface area contributed by atoms with Crippen molar-refractivity contribution in [1.29, 1.82) is 5.26 Å². The molecule has 0 spiro atoms. The number of aliphatic hydroxyl groups excluding tert-OH is 1. The van der Waals surface area contributed by atoms with Gasteiger partial charge >= 0.3 is 0 Å². The molecule has 0 amide bonds. The van der Waals surface area contributed by atoms with Crippen molar-refractivity contribution in [3.63, 3.8) is 0 Å². The SMILES string of the molecule is Cc1nn(C)c(NC(CO)C(C)C)c1C#N. The van der Waals surface area contributed by atoms with Crippen LogP contribution in [0.5, 0.6) is 0 Å². The van der Waals surface area contributed by atoms with Crippen LogP contribution in [0.25, 0.3) is 0 Å². The number of nitrogens with zero attached hydrogens (tertiary/aromatic N) is 3. The second kappa shape index (κ2) is 4.99. The van der Waals surface area contributed by atoms with Crippen LogP contribution in [0.2, 0.25) is 0 Å². The molecule has 1 unspecified atom stereocenters. The first-order chi connectivity index (χ1) is 7.51. The van der Waals surface area contributed by atoms with Crippen LogP contribution in [0.15, 0.2) is 0 Å². The molecule has 88 valence electrons. The summed E-state index contributed by atoms with van der Waals surface area (Å²) < 4.78 is 1.64. The fourth-order valence-electron chi connectivity index (χ4n) is 1.56. The molecule has 0 bridgehead atoms. The zero-order chi connectivity index (χ0) is 12.3. The van der Waals surface area contributed by atoms with E-state index in [9.17, 15) is 5.11 Å². The fourth-order valence-corrected chi connectivity index (χ4v) is 1.56. The molecule has 0 saturated heterocycles. The van der Waals surface area contributed by atoms with E-state index < -0.39 is 0 Å². The number of rotatable bonds is 4. The van der Waals surface area contributed by atoms with Crippen LogP contribution in [0, 0.1) is 24.2 Å². The molecular formula is C11H18N4O. The molecule has 1 aromatic rings. The molecule has 1 atom stereocenters. The average molecular weight is 222 g/mol. The first-order valence-electron chi connectivity index (χ1n) is 5.32. The Kier molecular flexibility index (Phi) is 3.91. The van der Waals surface area contributed by atoms with E-state index in [0.29, 0.717) is 17.1 Å². The second-order valence-corrected chi connectivity index (χ2v) is 4.22. The van der Waals surface area contributed by atoms with Gasteiger partial charge < -0.3 is 10.4 Å². The van der Waals surface area contributed by atoms with E-state index in [1.165, 1.54) is 0 Å². The van der Waals surface area contributed by atoms with E-state index in [1.807, 2.05) is 13.8 Å². The molecule has 5 heteroatoms. The average Bonchev–Trinajstić information content (AvgIpc) is 2.48. The maximum atomic E-state index is 9.24. The predicted molar refractivity (Wildman–Crippen MR) is 62.0 cm³/mol. The number of hydrogen-bond acceptors (Lipinski definition) is 4. The third kappa shape index (κ3) is 2.34. The Labute approximate surface area is 95.7 Å². The normalized spacial score (nSPS) is 12.6. The molecule has 1 aromatic heterocycles. The highest BCUT2D eigenvalue weighted by molar-refractivity contribution is 5.55. The molecule has 0 aliphatic rings. The van der Waals surface area contributed by atoms with Crippen molar-refractivity contribution in [2.24, 2.45) is 13.0 Å². The lowest BCUT2D eigenvalue weighted by molar-refractivity contribution is 0.248. The Bertz CT molecular complexity index is 403. The lowest BCUT2D eigenvalue weighted by Gasteiger charge is -2.21. The third-order valence-electron chi connectivity index (χ3n) is 2.66. The fraction of sp³-hybridized carbons (Fsp3) is 0.636. The molecule has 16 heavy (non-hydrogen) atoms. The van der Waals surface area contributed by atoms with E-state index in [0.717, 1.165) is 0 Å². The number of aromatic nitrogens is 2. The maximum Gasteiger partial charge on any atom is 0.142 e. The minimum atomic E-state index is -0.0677. The molecular weight excluding hydrogens is 204 g/mol. The Morgan fingerprint density at radius 1 is 1.56 bits per heavy atom. The monoisotopic (exact) mass is 222 g/mol. The minimum absolute atomic E-state index is 0.0345. The zero-order valence-electron chi connectivity index (χ0n) is 10.2. The van der Waals surface area contributed by atoms with Crippen molar-refractivity contribution in [3.8, 4) is 6.07 Å². The highest BCUT2D eigenvalue weighted by Crippen LogP contribution is 2.19. The second-order valence-electron chi connectivity index (χ2n) is 4.22. The summed E-state index contributed by atoms with van der Waals surface area (Å²) in [4.78, 5) is 0. The quantitative estimate of drug-likeness (QED) is 0.798. The number of nitriles is 1. The zero-order valence-corrected chi connectivity index (χ0v) is 10.2. The van der Waals surface area contributed by atoms with Crippen LogP contribution in [-0.4, -0.2) is 27.5 Å². The van der Waals surface area contributed by atoms with Gasteiger partial charge in [-0.3, -0.25) is 4.68 Å². The number of hydrogen-bond donors (Lipinski definition) is 2. The van der Waals surface area contributed by atoms with Gasteiger partial charge in [-0.15, -0.1) is 0 Å². The predicted octanol–water partition coefficient (Wildman–Crippen LogP) is 1.03. The molecule has 0 saturated carbocycles. The molecule has 0 aliphatic carbocycles.